The quantitative estimate of drug-likeness (QED) is 0.654. The van der Waals surface area contributed by atoms with Crippen molar-refractivity contribution in [1.29, 1.82) is 0 Å². The van der Waals surface area contributed by atoms with Gasteiger partial charge in [0.05, 0.1) is 31.6 Å². The van der Waals surface area contributed by atoms with Crippen molar-refractivity contribution in [2.24, 2.45) is 0 Å². The lowest BCUT2D eigenvalue weighted by Gasteiger charge is -2.35. The predicted molar refractivity (Wildman–Crippen MR) is 106 cm³/mol. The van der Waals surface area contributed by atoms with Gasteiger partial charge in [0.1, 0.15) is 5.75 Å². The molecule has 11 heteroatoms. The van der Waals surface area contributed by atoms with Crippen molar-refractivity contribution in [2.45, 2.75) is 38.2 Å². The number of carbonyl (C=O) groups is 1. The summed E-state index contributed by atoms with van der Waals surface area (Å²) in [6, 6.07) is 8.01. The van der Waals surface area contributed by atoms with E-state index in [2.05, 4.69) is 10.1 Å². The average molecular weight is 450 g/mol. The summed E-state index contributed by atoms with van der Waals surface area (Å²) in [4.78, 5) is 18.3. The van der Waals surface area contributed by atoms with E-state index in [-0.39, 0.29) is 18.8 Å². The highest BCUT2D eigenvalue weighted by atomic mass is 19.4. The van der Waals surface area contributed by atoms with Crippen LogP contribution in [0.4, 0.5) is 13.2 Å². The number of fused-ring (bicyclic) bond motifs is 1. The molecule has 170 valence electrons. The number of aliphatic hydroxyl groups is 1. The predicted octanol–water partition coefficient (Wildman–Crippen LogP) is 3.53. The normalized spacial score (nSPS) is 18.2. The fourth-order valence-electron chi connectivity index (χ4n) is 3.74. The maximum absolute atomic E-state index is 13.3. The fraction of sp³-hybridized carbons (Fsp3) is 0.381. The molecule has 1 aliphatic heterocycles. The van der Waals surface area contributed by atoms with Crippen LogP contribution in [-0.4, -0.2) is 50.5 Å². The van der Waals surface area contributed by atoms with E-state index >= 15 is 0 Å². The SMILES string of the molecule is COc1ccc(-c2cc(C(=O)N3Cc4cnc(C(C)(O)C(F)(F)F)n4[C@@H](C)C3)no2)cc1. The summed E-state index contributed by atoms with van der Waals surface area (Å²) in [7, 11) is 1.55. The van der Waals surface area contributed by atoms with Crippen LogP contribution in [0.5, 0.6) is 5.75 Å². The highest BCUT2D eigenvalue weighted by molar-refractivity contribution is 5.93. The molecule has 0 spiro atoms. The van der Waals surface area contributed by atoms with Crippen molar-refractivity contribution in [3.63, 3.8) is 0 Å². The summed E-state index contributed by atoms with van der Waals surface area (Å²) < 4.78 is 51.7. The van der Waals surface area contributed by atoms with E-state index < -0.39 is 29.6 Å². The molecule has 1 aliphatic rings. The van der Waals surface area contributed by atoms with Crippen LogP contribution in [0.3, 0.4) is 0 Å². The first-order valence-electron chi connectivity index (χ1n) is 9.79. The van der Waals surface area contributed by atoms with E-state index in [1.165, 1.54) is 21.7 Å². The van der Waals surface area contributed by atoms with Crippen molar-refractivity contribution in [3.8, 4) is 17.1 Å². The second kappa shape index (κ2) is 7.66. The van der Waals surface area contributed by atoms with Crippen molar-refractivity contribution < 1.29 is 32.3 Å². The Labute approximate surface area is 181 Å². The second-order valence-corrected chi connectivity index (χ2v) is 7.85. The standard InChI is InChI=1S/C21H21F3N4O4/c1-12-10-27(11-14-9-25-19(28(12)14)20(2,30)21(22,23)24)18(29)16-8-17(32-26-16)13-4-6-15(31-3)7-5-13/h4-9,12,30H,10-11H2,1-3H3/t12-,20?/m0/s1. The number of nitrogens with zero attached hydrogens (tertiary/aromatic N) is 4. The van der Waals surface area contributed by atoms with Crippen LogP contribution >= 0.6 is 0 Å². The molecule has 1 N–H and O–H groups in total. The number of methoxy groups -OCH3 is 1. The monoisotopic (exact) mass is 450 g/mol. The smallest absolute Gasteiger partial charge is 0.424 e. The molecular formula is C21H21F3N4O4. The van der Waals surface area contributed by atoms with Gasteiger partial charge in [-0.1, -0.05) is 5.16 Å². The summed E-state index contributed by atoms with van der Waals surface area (Å²) in [6.45, 7) is 2.47. The highest BCUT2D eigenvalue weighted by Crippen LogP contribution is 2.40. The average Bonchev–Trinajstić information content (AvgIpc) is 3.40. The molecule has 3 heterocycles. The number of benzene rings is 1. The molecule has 0 bridgehead atoms. The van der Waals surface area contributed by atoms with E-state index in [1.54, 1.807) is 38.3 Å². The molecule has 2 aromatic heterocycles. The molecule has 2 atom stereocenters. The van der Waals surface area contributed by atoms with Crippen molar-refractivity contribution >= 4 is 5.91 Å². The summed E-state index contributed by atoms with van der Waals surface area (Å²) in [5.74, 6) is 0.154. The molecule has 0 radical (unpaired) electrons. The van der Waals surface area contributed by atoms with E-state index in [0.29, 0.717) is 29.7 Å². The number of hydrogen-bond acceptors (Lipinski definition) is 6. The van der Waals surface area contributed by atoms with Gasteiger partial charge in [-0.2, -0.15) is 13.2 Å². The van der Waals surface area contributed by atoms with Crippen LogP contribution in [0.25, 0.3) is 11.3 Å². The second-order valence-electron chi connectivity index (χ2n) is 7.85. The van der Waals surface area contributed by atoms with Gasteiger partial charge in [-0.3, -0.25) is 4.79 Å². The van der Waals surface area contributed by atoms with Crippen LogP contribution in [0.15, 0.2) is 41.1 Å². The van der Waals surface area contributed by atoms with Gasteiger partial charge in [-0.15, -0.1) is 0 Å². The van der Waals surface area contributed by atoms with E-state index in [4.69, 9.17) is 9.26 Å². The Kier molecular flexibility index (Phi) is 5.24. The molecule has 1 amide bonds. The van der Waals surface area contributed by atoms with E-state index in [1.807, 2.05) is 0 Å². The van der Waals surface area contributed by atoms with E-state index in [9.17, 15) is 23.1 Å². The first kappa shape index (κ1) is 21.9. The third-order valence-corrected chi connectivity index (χ3v) is 5.53. The largest absolute Gasteiger partial charge is 0.497 e. The Morgan fingerprint density at radius 1 is 1.28 bits per heavy atom. The molecule has 1 unspecified atom stereocenters. The van der Waals surface area contributed by atoms with Crippen LogP contribution < -0.4 is 4.74 Å². The maximum Gasteiger partial charge on any atom is 0.424 e. The summed E-state index contributed by atoms with van der Waals surface area (Å²) in [5, 5.41) is 13.9. The fourth-order valence-corrected chi connectivity index (χ4v) is 3.74. The van der Waals surface area contributed by atoms with Gasteiger partial charge >= 0.3 is 6.18 Å². The minimum absolute atomic E-state index is 0.0227. The van der Waals surface area contributed by atoms with Gasteiger partial charge in [0.25, 0.3) is 5.91 Å². The molecule has 0 aliphatic carbocycles. The van der Waals surface area contributed by atoms with Gasteiger partial charge in [0, 0.05) is 18.2 Å². The first-order valence-corrected chi connectivity index (χ1v) is 9.79. The molecule has 0 saturated carbocycles. The number of hydrogen-bond donors (Lipinski definition) is 1. The van der Waals surface area contributed by atoms with Crippen molar-refractivity contribution in [1.82, 2.24) is 19.6 Å². The van der Waals surface area contributed by atoms with Crippen LogP contribution in [-0.2, 0) is 12.1 Å². The van der Waals surface area contributed by atoms with Gasteiger partial charge in [-0.25, -0.2) is 4.98 Å². The maximum atomic E-state index is 13.3. The number of amides is 1. The first-order chi connectivity index (χ1) is 15.0. The number of aromatic nitrogens is 3. The summed E-state index contributed by atoms with van der Waals surface area (Å²) in [6.07, 6.45) is -3.64. The molecule has 3 aromatic rings. The Morgan fingerprint density at radius 2 is 1.97 bits per heavy atom. The number of imidazole rings is 1. The lowest BCUT2D eigenvalue weighted by molar-refractivity contribution is -0.263. The molecular weight excluding hydrogens is 429 g/mol. The van der Waals surface area contributed by atoms with Gasteiger partial charge in [0.15, 0.2) is 17.3 Å². The molecule has 0 saturated heterocycles. The van der Waals surface area contributed by atoms with Crippen LogP contribution in [0.2, 0.25) is 0 Å². The third-order valence-electron chi connectivity index (χ3n) is 5.53. The lowest BCUT2D eigenvalue weighted by Crippen LogP contribution is -2.45. The zero-order valence-corrected chi connectivity index (χ0v) is 17.6. The Hall–Kier alpha value is -3.34. The van der Waals surface area contributed by atoms with Crippen LogP contribution in [0.1, 0.15) is 41.9 Å². The molecule has 0 fully saturated rings. The Bertz CT molecular complexity index is 1130. The Balaban J connectivity index is 1.56. The molecule has 8 nitrogen and oxygen atoms in total. The van der Waals surface area contributed by atoms with Crippen molar-refractivity contribution in [2.75, 3.05) is 13.7 Å². The minimum atomic E-state index is -4.89. The van der Waals surface area contributed by atoms with Gasteiger partial charge in [-0.05, 0) is 38.1 Å². The topological polar surface area (TPSA) is 93.6 Å². The summed E-state index contributed by atoms with van der Waals surface area (Å²) in [5.41, 5.74) is -1.93. The minimum Gasteiger partial charge on any atom is -0.497 e. The number of halogens is 3. The van der Waals surface area contributed by atoms with E-state index in [0.717, 1.165) is 0 Å². The number of alkyl halides is 3. The summed E-state index contributed by atoms with van der Waals surface area (Å²) >= 11 is 0. The number of rotatable bonds is 4. The third kappa shape index (κ3) is 3.62. The van der Waals surface area contributed by atoms with Gasteiger partial charge in [0.2, 0.25) is 5.60 Å². The molecule has 1 aromatic carbocycles. The zero-order chi connectivity index (χ0) is 23.3. The zero-order valence-electron chi connectivity index (χ0n) is 17.6. The Morgan fingerprint density at radius 3 is 2.59 bits per heavy atom. The van der Waals surface area contributed by atoms with Crippen LogP contribution in [0, 0.1) is 0 Å². The molecule has 32 heavy (non-hydrogen) atoms. The number of carbonyl (C=O) groups excluding carboxylic acids is 1. The van der Waals surface area contributed by atoms with Crippen molar-refractivity contribution in [3.05, 3.63) is 53.7 Å². The van der Waals surface area contributed by atoms with Gasteiger partial charge < -0.3 is 23.8 Å². The lowest BCUT2D eigenvalue weighted by atomic mass is 10.0. The highest BCUT2D eigenvalue weighted by Gasteiger charge is 2.55. The number of ether oxygens (including phenoxy) is 1. The molecule has 4 rings (SSSR count).